The van der Waals surface area contributed by atoms with Gasteiger partial charge in [0.1, 0.15) is 5.82 Å². The van der Waals surface area contributed by atoms with Crippen molar-refractivity contribution < 1.29 is 0 Å². The molecular weight excluding hydrogens is 222 g/mol. The predicted molar refractivity (Wildman–Crippen MR) is 74.8 cm³/mol. The van der Waals surface area contributed by atoms with Gasteiger partial charge >= 0.3 is 0 Å². The second-order valence-corrected chi connectivity index (χ2v) is 4.91. The van der Waals surface area contributed by atoms with Crippen molar-refractivity contribution in [3.63, 3.8) is 0 Å². The number of aryl methyl sites for hydroxylation is 1. The molecule has 0 radical (unpaired) electrons. The van der Waals surface area contributed by atoms with E-state index in [1.54, 1.807) is 6.20 Å². The molecule has 3 nitrogen and oxygen atoms in total. The average Bonchev–Trinajstić information content (AvgIpc) is 2.35. The zero-order valence-electron chi connectivity index (χ0n) is 10.5. The van der Waals surface area contributed by atoms with Gasteiger partial charge < -0.3 is 11.1 Å². The first kappa shape index (κ1) is 11.1. The lowest BCUT2D eigenvalue weighted by atomic mass is 9.77. The summed E-state index contributed by atoms with van der Waals surface area (Å²) in [4.78, 5) is 4.29. The van der Waals surface area contributed by atoms with Crippen molar-refractivity contribution in [1.82, 2.24) is 4.98 Å². The first-order valence-electron chi connectivity index (χ1n) is 6.28. The molecule has 0 fully saturated rings. The first-order chi connectivity index (χ1) is 8.74. The zero-order valence-corrected chi connectivity index (χ0v) is 10.5. The van der Waals surface area contributed by atoms with E-state index in [0.29, 0.717) is 5.92 Å². The third kappa shape index (κ3) is 1.92. The van der Waals surface area contributed by atoms with Crippen molar-refractivity contribution in [3.8, 4) is 0 Å². The molecule has 0 amide bonds. The Bertz CT molecular complexity index is 578. The highest BCUT2D eigenvalue weighted by atomic mass is 15.0. The first-order valence-corrected chi connectivity index (χ1v) is 6.28. The SMILES string of the molecule is Cc1cc(NCC2Cc3ccccc32)ncc1N. The van der Waals surface area contributed by atoms with E-state index >= 15 is 0 Å². The minimum absolute atomic E-state index is 0.612. The summed E-state index contributed by atoms with van der Waals surface area (Å²) < 4.78 is 0. The van der Waals surface area contributed by atoms with Crippen LogP contribution in [0, 0.1) is 6.92 Å². The highest BCUT2D eigenvalue weighted by Gasteiger charge is 2.24. The lowest BCUT2D eigenvalue weighted by Crippen LogP contribution is -2.24. The van der Waals surface area contributed by atoms with Crippen LogP contribution >= 0.6 is 0 Å². The molecule has 0 saturated carbocycles. The molecule has 3 rings (SSSR count). The molecule has 1 aromatic carbocycles. The maximum Gasteiger partial charge on any atom is 0.126 e. The number of nitrogens with one attached hydrogen (secondary N) is 1. The van der Waals surface area contributed by atoms with Crippen molar-refractivity contribution in [2.45, 2.75) is 19.3 Å². The van der Waals surface area contributed by atoms with E-state index in [1.165, 1.54) is 11.1 Å². The quantitative estimate of drug-likeness (QED) is 0.866. The van der Waals surface area contributed by atoms with Crippen LogP contribution in [0.3, 0.4) is 0 Å². The van der Waals surface area contributed by atoms with Crippen molar-refractivity contribution in [3.05, 3.63) is 53.2 Å². The Morgan fingerprint density at radius 1 is 1.39 bits per heavy atom. The molecular formula is C15H17N3. The van der Waals surface area contributed by atoms with E-state index in [2.05, 4.69) is 34.6 Å². The fourth-order valence-corrected chi connectivity index (χ4v) is 2.44. The smallest absolute Gasteiger partial charge is 0.126 e. The second kappa shape index (κ2) is 4.33. The molecule has 2 aromatic rings. The third-order valence-corrected chi connectivity index (χ3v) is 3.64. The average molecular weight is 239 g/mol. The maximum atomic E-state index is 5.75. The van der Waals surface area contributed by atoms with E-state index in [1.807, 2.05) is 13.0 Å². The normalized spacial score (nSPS) is 16.8. The van der Waals surface area contributed by atoms with E-state index in [9.17, 15) is 0 Å². The van der Waals surface area contributed by atoms with Crippen molar-refractivity contribution >= 4 is 11.5 Å². The van der Waals surface area contributed by atoms with Gasteiger partial charge in [-0.15, -0.1) is 0 Å². The second-order valence-electron chi connectivity index (χ2n) is 4.91. The number of aromatic nitrogens is 1. The monoisotopic (exact) mass is 239 g/mol. The summed E-state index contributed by atoms with van der Waals surface area (Å²) in [5, 5.41) is 3.39. The number of benzene rings is 1. The van der Waals surface area contributed by atoms with Gasteiger partial charge in [0.15, 0.2) is 0 Å². The molecule has 1 heterocycles. The summed E-state index contributed by atoms with van der Waals surface area (Å²) in [6.45, 7) is 2.94. The van der Waals surface area contributed by atoms with Crippen LogP contribution in [0.4, 0.5) is 11.5 Å². The van der Waals surface area contributed by atoms with E-state index in [0.717, 1.165) is 30.0 Å². The Labute approximate surface area is 107 Å². The number of fused-ring (bicyclic) bond motifs is 1. The van der Waals surface area contributed by atoms with Gasteiger partial charge in [0.2, 0.25) is 0 Å². The summed E-state index contributed by atoms with van der Waals surface area (Å²) in [6, 6.07) is 10.6. The minimum Gasteiger partial charge on any atom is -0.397 e. The number of hydrogen-bond acceptors (Lipinski definition) is 3. The Kier molecular flexibility index (Phi) is 2.67. The third-order valence-electron chi connectivity index (χ3n) is 3.64. The Morgan fingerprint density at radius 3 is 3.00 bits per heavy atom. The van der Waals surface area contributed by atoms with Gasteiger partial charge in [0.25, 0.3) is 0 Å². The summed E-state index contributed by atoms with van der Waals surface area (Å²) in [6.07, 6.45) is 2.88. The summed E-state index contributed by atoms with van der Waals surface area (Å²) in [7, 11) is 0. The molecule has 18 heavy (non-hydrogen) atoms. The maximum absolute atomic E-state index is 5.75. The minimum atomic E-state index is 0.612. The number of rotatable bonds is 3. The van der Waals surface area contributed by atoms with Crippen LogP contribution in [-0.2, 0) is 6.42 Å². The molecule has 3 N–H and O–H groups in total. The van der Waals surface area contributed by atoms with Crippen LogP contribution in [0.5, 0.6) is 0 Å². The number of nitrogens with two attached hydrogens (primary N) is 1. The standard InChI is InChI=1S/C15H17N3/c1-10-6-15(18-9-14(10)16)17-8-12-7-11-4-2-3-5-13(11)12/h2-6,9,12H,7-8,16H2,1H3,(H,17,18). The van der Waals surface area contributed by atoms with Crippen LogP contribution in [0.2, 0.25) is 0 Å². The molecule has 3 heteroatoms. The van der Waals surface area contributed by atoms with Crippen LogP contribution in [0.25, 0.3) is 0 Å². The zero-order chi connectivity index (χ0) is 12.5. The highest BCUT2D eigenvalue weighted by molar-refractivity contribution is 5.51. The van der Waals surface area contributed by atoms with Crippen LogP contribution in [-0.4, -0.2) is 11.5 Å². The van der Waals surface area contributed by atoms with Crippen LogP contribution in [0.15, 0.2) is 36.5 Å². The molecule has 1 aromatic heterocycles. The molecule has 0 spiro atoms. The Balaban J connectivity index is 1.65. The van der Waals surface area contributed by atoms with Gasteiger partial charge in [0.05, 0.1) is 11.9 Å². The molecule has 1 aliphatic carbocycles. The van der Waals surface area contributed by atoms with Gasteiger partial charge in [-0.1, -0.05) is 24.3 Å². The van der Waals surface area contributed by atoms with Crippen molar-refractivity contribution in [1.29, 1.82) is 0 Å². The number of nitrogens with zero attached hydrogens (tertiary/aromatic N) is 1. The topological polar surface area (TPSA) is 50.9 Å². The van der Waals surface area contributed by atoms with Gasteiger partial charge in [-0.25, -0.2) is 4.98 Å². The lowest BCUT2D eigenvalue weighted by Gasteiger charge is -2.30. The number of hydrogen-bond donors (Lipinski definition) is 2. The Hall–Kier alpha value is -2.03. The van der Waals surface area contributed by atoms with Crippen LogP contribution < -0.4 is 11.1 Å². The van der Waals surface area contributed by atoms with E-state index < -0.39 is 0 Å². The summed E-state index contributed by atoms with van der Waals surface area (Å²) in [5.41, 5.74) is 10.5. The molecule has 1 aliphatic rings. The molecule has 92 valence electrons. The van der Waals surface area contributed by atoms with Crippen molar-refractivity contribution in [2.75, 3.05) is 17.6 Å². The fourth-order valence-electron chi connectivity index (χ4n) is 2.44. The van der Waals surface area contributed by atoms with Crippen LogP contribution in [0.1, 0.15) is 22.6 Å². The van der Waals surface area contributed by atoms with Gasteiger partial charge in [-0.05, 0) is 36.1 Å². The largest absolute Gasteiger partial charge is 0.397 e. The molecule has 1 unspecified atom stereocenters. The molecule has 0 saturated heterocycles. The predicted octanol–water partition coefficient (Wildman–Crippen LogP) is 2.72. The molecule has 0 bridgehead atoms. The number of nitrogen functional groups attached to an aromatic ring is 1. The summed E-state index contributed by atoms with van der Waals surface area (Å²) >= 11 is 0. The van der Waals surface area contributed by atoms with Gasteiger partial charge in [-0.3, -0.25) is 0 Å². The fraction of sp³-hybridized carbons (Fsp3) is 0.267. The number of anilines is 2. The van der Waals surface area contributed by atoms with Gasteiger partial charge in [-0.2, -0.15) is 0 Å². The van der Waals surface area contributed by atoms with E-state index in [-0.39, 0.29) is 0 Å². The van der Waals surface area contributed by atoms with Gasteiger partial charge in [0, 0.05) is 12.5 Å². The molecule has 0 aliphatic heterocycles. The number of pyridine rings is 1. The van der Waals surface area contributed by atoms with Crippen molar-refractivity contribution in [2.24, 2.45) is 0 Å². The van der Waals surface area contributed by atoms with E-state index in [4.69, 9.17) is 5.73 Å². The Morgan fingerprint density at radius 2 is 2.22 bits per heavy atom. The lowest BCUT2D eigenvalue weighted by molar-refractivity contribution is 0.634. The summed E-state index contributed by atoms with van der Waals surface area (Å²) in [5.74, 6) is 1.52. The highest BCUT2D eigenvalue weighted by Crippen LogP contribution is 2.34. The molecule has 1 atom stereocenters.